The largest absolute Gasteiger partial charge is 0.316 e. The Balaban J connectivity index is 2.50. The average Bonchev–Trinajstić information content (AvgIpc) is 2.35. The summed E-state index contributed by atoms with van der Waals surface area (Å²) in [5, 5.41) is 2.91. The van der Waals surface area contributed by atoms with Gasteiger partial charge in [-0.1, -0.05) is 12.1 Å². The number of rotatable bonds is 3. The van der Waals surface area contributed by atoms with E-state index in [0.29, 0.717) is 6.54 Å². The molecule has 1 nitrogen and oxygen atoms in total. The molecule has 100 valence electrons. The van der Waals surface area contributed by atoms with Crippen LogP contribution in [-0.2, 0) is 6.54 Å². The second-order valence-electron chi connectivity index (χ2n) is 4.43. The van der Waals surface area contributed by atoms with Gasteiger partial charge in [-0.2, -0.15) is 0 Å². The maximum absolute atomic E-state index is 14.0. The Hall–Kier alpha value is -1.81. The Morgan fingerprint density at radius 1 is 0.895 bits per heavy atom. The predicted octanol–water partition coefficient (Wildman–Crippen LogP) is 3.80. The van der Waals surface area contributed by atoms with Crippen LogP contribution >= 0.6 is 0 Å². The summed E-state index contributed by atoms with van der Waals surface area (Å²) in [6.45, 7) is 2.05. The van der Waals surface area contributed by atoms with Gasteiger partial charge in [-0.15, -0.1) is 0 Å². The maximum atomic E-state index is 14.0. The lowest BCUT2D eigenvalue weighted by molar-refractivity contribution is 0.577. The summed E-state index contributed by atoms with van der Waals surface area (Å²) in [6, 6.07) is 6.68. The highest BCUT2D eigenvalue weighted by atomic mass is 19.1. The second kappa shape index (κ2) is 5.45. The van der Waals surface area contributed by atoms with Crippen molar-refractivity contribution in [2.45, 2.75) is 13.5 Å². The normalized spacial score (nSPS) is 10.8. The number of aryl methyl sites for hydroxylation is 1. The standard InChI is InChI=1S/C15H14F3N/c1-9-5-12(15(18)7-13(9)16)11-4-3-10(8-19-2)6-14(11)17/h3-7,19H,8H2,1-2H3. The van der Waals surface area contributed by atoms with Crippen molar-refractivity contribution < 1.29 is 13.2 Å². The van der Waals surface area contributed by atoms with Gasteiger partial charge >= 0.3 is 0 Å². The molecule has 4 heteroatoms. The van der Waals surface area contributed by atoms with Crippen LogP contribution in [0.15, 0.2) is 30.3 Å². The van der Waals surface area contributed by atoms with Crippen LogP contribution in [0.25, 0.3) is 11.1 Å². The minimum absolute atomic E-state index is 0.0763. The fourth-order valence-corrected chi connectivity index (χ4v) is 1.95. The molecular weight excluding hydrogens is 251 g/mol. The second-order valence-corrected chi connectivity index (χ2v) is 4.43. The molecule has 0 aliphatic rings. The van der Waals surface area contributed by atoms with Gasteiger partial charge in [-0.05, 0) is 37.2 Å². The van der Waals surface area contributed by atoms with Crippen molar-refractivity contribution in [1.29, 1.82) is 0 Å². The first-order valence-electron chi connectivity index (χ1n) is 5.92. The Kier molecular flexibility index (Phi) is 3.90. The smallest absolute Gasteiger partial charge is 0.134 e. The molecule has 0 spiro atoms. The van der Waals surface area contributed by atoms with Gasteiger partial charge in [-0.3, -0.25) is 0 Å². The van der Waals surface area contributed by atoms with Crippen molar-refractivity contribution >= 4 is 0 Å². The average molecular weight is 265 g/mol. The molecule has 2 rings (SSSR count). The third kappa shape index (κ3) is 2.79. The van der Waals surface area contributed by atoms with Gasteiger partial charge in [0.1, 0.15) is 17.5 Å². The van der Waals surface area contributed by atoms with Crippen molar-refractivity contribution in [3.63, 3.8) is 0 Å². The Morgan fingerprint density at radius 2 is 1.58 bits per heavy atom. The summed E-state index contributed by atoms with van der Waals surface area (Å²) >= 11 is 0. The monoisotopic (exact) mass is 265 g/mol. The van der Waals surface area contributed by atoms with E-state index >= 15 is 0 Å². The first-order valence-corrected chi connectivity index (χ1v) is 5.92. The van der Waals surface area contributed by atoms with Crippen molar-refractivity contribution in [1.82, 2.24) is 5.32 Å². The molecule has 0 atom stereocenters. The van der Waals surface area contributed by atoms with E-state index in [0.717, 1.165) is 11.6 Å². The lowest BCUT2D eigenvalue weighted by atomic mass is 10.0. The molecule has 0 aliphatic heterocycles. The fourth-order valence-electron chi connectivity index (χ4n) is 1.95. The molecule has 0 radical (unpaired) electrons. The van der Waals surface area contributed by atoms with Crippen LogP contribution in [-0.4, -0.2) is 7.05 Å². The molecule has 2 aromatic carbocycles. The van der Waals surface area contributed by atoms with E-state index in [1.165, 1.54) is 25.1 Å². The van der Waals surface area contributed by atoms with E-state index in [9.17, 15) is 13.2 Å². The van der Waals surface area contributed by atoms with E-state index in [-0.39, 0.29) is 16.7 Å². The molecule has 19 heavy (non-hydrogen) atoms. The highest BCUT2D eigenvalue weighted by Crippen LogP contribution is 2.28. The number of hydrogen-bond acceptors (Lipinski definition) is 1. The molecule has 0 heterocycles. The Bertz CT molecular complexity index is 609. The molecule has 0 fully saturated rings. The fraction of sp³-hybridized carbons (Fsp3) is 0.200. The topological polar surface area (TPSA) is 12.0 Å². The van der Waals surface area contributed by atoms with Gasteiger partial charge in [0.05, 0.1) is 0 Å². The van der Waals surface area contributed by atoms with Crippen LogP contribution in [0, 0.1) is 24.4 Å². The molecule has 0 bridgehead atoms. The van der Waals surface area contributed by atoms with E-state index in [2.05, 4.69) is 5.32 Å². The van der Waals surface area contributed by atoms with E-state index < -0.39 is 17.5 Å². The van der Waals surface area contributed by atoms with Crippen LogP contribution in [0.5, 0.6) is 0 Å². The molecular formula is C15H14F3N. The van der Waals surface area contributed by atoms with E-state index in [1.807, 2.05) is 0 Å². The molecule has 2 aromatic rings. The Morgan fingerprint density at radius 3 is 2.21 bits per heavy atom. The van der Waals surface area contributed by atoms with Crippen LogP contribution in [0.3, 0.4) is 0 Å². The number of halogens is 3. The highest BCUT2D eigenvalue weighted by Gasteiger charge is 2.13. The van der Waals surface area contributed by atoms with Gasteiger partial charge in [0.25, 0.3) is 0 Å². The Labute approximate surface area is 110 Å². The van der Waals surface area contributed by atoms with E-state index in [4.69, 9.17) is 0 Å². The molecule has 0 saturated heterocycles. The van der Waals surface area contributed by atoms with Crippen LogP contribution in [0.1, 0.15) is 11.1 Å². The third-order valence-corrected chi connectivity index (χ3v) is 2.95. The minimum atomic E-state index is -0.761. The summed E-state index contributed by atoms with van der Waals surface area (Å²) in [6.07, 6.45) is 0. The number of hydrogen-bond donors (Lipinski definition) is 1. The lowest BCUT2D eigenvalue weighted by Crippen LogP contribution is -2.05. The summed E-state index contributed by atoms with van der Waals surface area (Å²) in [4.78, 5) is 0. The van der Waals surface area contributed by atoms with Gasteiger partial charge < -0.3 is 5.32 Å². The summed E-state index contributed by atoms with van der Waals surface area (Å²) in [5.74, 6) is -1.91. The first kappa shape index (κ1) is 13.6. The van der Waals surface area contributed by atoms with Crippen molar-refractivity contribution in [2.24, 2.45) is 0 Å². The van der Waals surface area contributed by atoms with Crippen LogP contribution in [0.2, 0.25) is 0 Å². The quantitative estimate of drug-likeness (QED) is 0.890. The molecule has 1 N–H and O–H groups in total. The molecule has 0 amide bonds. The third-order valence-electron chi connectivity index (χ3n) is 2.95. The minimum Gasteiger partial charge on any atom is -0.316 e. The first-order chi connectivity index (χ1) is 9.02. The summed E-state index contributed by atoms with van der Waals surface area (Å²) in [5.41, 5.74) is 1.27. The van der Waals surface area contributed by atoms with Crippen molar-refractivity contribution in [2.75, 3.05) is 7.05 Å². The molecule has 0 saturated carbocycles. The predicted molar refractivity (Wildman–Crippen MR) is 69.3 cm³/mol. The van der Waals surface area contributed by atoms with Gasteiger partial charge in [-0.25, -0.2) is 13.2 Å². The van der Waals surface area contributed by atoms with Gasteiger partial charge in [0.15, 0.2) is 0 Å². The molecule has 0 aromatic heterocycles. The van der Waals surface area contributed by atoms with E-state index in [1.54, 1.807) is 13.1 Å². The number of benzene rings is 2. The van der Waals surface area contributed by atoms with Gasteiger partial charge in [0.2, 0.25) is 0 Å². The summed E-state index contributed by atoms with van der Waals surface area (Å²) in [7, 11) is 1.76. The van der Waals surface area contributed by atoms with Crippen molar-refractivity contribution in [3.8, 4) is 11.1 Å². The molecule has 0 unspecified atom stereocenters. The zero-order valence-electron chi connectivity index (χ0n) is 10.7. The SMILES string of the molecule is CNCc1ccc(-c2cc(C)c(F)cc2F)c(F)c1. The number of nitrogens with one attached hydrogen (secondary N) is 1. The highest BCUT2D eigenvalue weighted by molar-refractivity contribution is 5.66. The zero-order chi connectivity index (χ0) is 14.0. The maximum Gasteiger partial charge on any atom is 0.134 e. The zero-order valence-corrected chi connectivity index (χ0v) is 10.7. The summed E-state index contributed by atoms with van der Waals surface area (Å²) < 4.78 is 40.9. The van der Waals surface area contributed by atoms with Crippen molar-refractivity contribution in [3.05, 3.63) is 58.9 Å². The van der Waals surface area contributed by atoms with Gasteiger partial charge in [0, 0.05) is 23.7 Å². The van der Waals surface area contributed by atoms with Crippen LogP contribution < -0.4 is 5.32 Å². The molecule has 0 aliphatic carbocycles. The van der Waals surface area contributed by atoms with Crippen LogP contribution in [0.4, 0.5) is 13.2 Å². The lowest BCUT2D eigenvalue weighted by Gasteiger charge is -2.09.